The van der Waals surface area contributed by atoms with Crippen molar-refractivity contribution in [2.45, 2.75) is 33.2 Å². The van der Waals surface area contributed by atoms with Gasteiger partial charge in [0.25, 0.3) is 5.91 Å². The van der Waals surface area contributed by atoms with Gasteiger partial charge in [-0.05, 0) is 38.0 Å². The molecule has 1 unspecified atom stereocenters. The monoisotopic (exact) mass is 302 g/mol. The van der Waals surface area contributed by atoms with Gasteiger partial charge in [0.1, 0.15) is 5.15 Å². The zero-order valence-corrected chi connectivity index (χ0v) is 13.2. The minimum Gasteiger partial charge on any atom is -0.345 e. The van der Waals surface area contributed by atoms with Crippen LogP contribution < -0.4 is 5.32 Å². The van der Waals surface area contributed by atoms with Crippen LogP contribution >= 0.6 is 11.6 Å². The number of carbonyl (C=O) groups is 1. The third-order valence-corrected chi connectivity index (χ3v) is 3.71. The van der Waals surface area contributed by atoms with E-state index in [1.165, 1.54) is 5.56 Å². The number of halogens is 1. The third-order valence-electron chi connectivity index (χ3n) is 3.43. The molecule has 2 aromatic rings. The summed E-state index contributed by atoms with van der Waals surface area (Å²) in [6, 6.07) is 11.6. The molecule has 110 valence electrons. The molecule has 0 saturated heterocycles. The van der Waals surface area contributed by atoms with Gasteiger partial charge in [-0.2, -0.15) is 0 Å². The number of rotatable bonds is 4. The summed E-state index contributed by atoms with van der Waals surface area (Å²) in [5.74, 6) is -0.195. The van der Waals surface area contributed by atoms with Crippen molar-refractivity contribution in [3.8, 4) is 0 Å². The van der Waals surface area contributed by atoms with Crippen molar-refractivity contribution in [3.63, 3.8) is 0 Å². The van der Waals surface area contributed by atoms with Gasteiger partial charge in [0.2, 0.25) is 0 Å². The SMILES string of the molecule is CCC(NC(=O)c1ccc(C)nc1Cl)c1ccc(C)cc1. The number of hydrogen-bond acceptors (Lipinski definition) is 2. The van der Waals surface area contributed by atoms with E-state index < -0.39 is 0 Å². The summed E-state index contributed by atoms with van der Waals surface area (Å²) in [4.78, 5) is 16.5. The molecule has 0 aliphatic heterocycles. The topological polar surface area (TPSA) is 42.0 Å². The van der Waals surface area contributed by atoms with Gasteiger partial charge in [0, 0.05) is 5.69 Å². The second kappa shape index (κ2) is 6.72. The van der Waals surface area contributed by atoms with Crippen molar-refractivity contribution in [2.75, 3.05) is 0 Å². The van der Waals surface area contributed by atoms with Crippen LogP contribution in [-0.4, -0.2) is 10.9 Å². The van der Waals surface area contributed by atoms with Crippen molar-refractivity contribution in [1.82, 2.24) is 10.3 Å². The van der Waals surface area contributed by atoms with E-state index in [-0.39, 0.29) is 17.1 Å². The minimum atomic E-state index is -0.195. The zero-order valence-electron chi connectivity index (χ0n) is 12.5. The largest absolute Gasteiger partial charge is 0.345 e. The molecule has 0 saturated carbocycles. The Morgan fingerprint density at radius 3 is 2.43 bits per heavy atom. The van der Waals surface area contributed by atoms with Crippen LogP contribution in [0, 0.1) is 13.8 Å². The predicted octanol–water partition coefficient (Wildman–Crippen LogP) is 4.23. The molecule has 0 aliphatic carbocycles. The highest BCUT2D eigenvalue weighted by atomic mass is 35.5. The fraction of sp³-hybridized carbons (Fsp3) is 0.294. The first-order valence-corrected chi connectivity index (χ1v) is 7.39. The van der Waals surface area contributed by atoms with Crippen molar-refractivity contribution in [2.24, 2.45) is 0 Å². The second-order valence-corrected chi connectivity index (χ2v) is 5.49. The van der Waals surface area contributed by atoms with Crippen LogP contribution in [0.3, 0.4) is 0 Å². The van der Waals surface area contributed by atoms with Gasteiger partial charge in [0.05, 0.1) is 11.6 Å². The molecule has 1 amide bonds. The van der Waals surface area contributed by atoms with E-state index in [0.29, 0.717) is 5.56 Å². The summed E-state index contributed by atoms with van der Waals surface area (Å²) in [5, 5.41) is 3.26. The number of aryl methyl sites for hydroxylation is 2. The van der Waals surface area contributed by atoms with Gasteiger partial charge in [-0.15, -0.1) is 0 Å². The zero-order chi connectivity index (χ0) is 15.4. The summed E-state index contributed by atoms with van der Waals surface area (Å²) in [7, 11) is 0. The average Bonchev–Trinajstić information content (AvgIpc) is 2.45. The number of nitrogens with one attached hydrogen (secondary N) is 1. The molecule has 1 atom stereocenters. The van der Waals surface area contributed by atoms with Gasteiger partial charge >= 0.3 is 0 Å². The highest BCUT2D eigenvalue weighted by Gasteiger charge is 2.16. The Hall–Kier alpha value is -1.87. The normalized spacial score (nSPS) is 12.0. The fourth-order valence-corrected chi connectivity index (χ4v) is 2.43. The Bertz CT molecular complexity index is 638. The molecule has 2 rings (SSSR count). The van der Waals surface area contributed by atoms with Crippen LogP contribution in [-0.2, 0) is 0 Å². The van der Waals surface area contributed by atoms with Crippen LogP contribution in [0.25, 0.3) is 0 Å². The van der Waals surface area contributed by atoms with Crippen LogP contribution in [0.5, 0.6) is 0 Å². The van der Waals surface area contributed by atoms with E-state index in [9.17, 15) is 4.79 Å². The van der Waals surface area contributed by atoms with Crippen LogP contribution in [0.1, 0.15) is 46.6 Å². The smallest absolute Gasteiger partial charge is 0.254 e. The van der Waals surface area contributed by atoms with Gasteiger partial charge in [-0.3, -0.25) is 4.79 Å². The van der Waals surface area contributed by atoms with Gasteiger partial charge in [-0.1, -0.05) is 48.4 Å². The highest BCUT2D eigenvalue weighted by molar-refractivity contribution is 6.32. The molecule has 0 bridgehead atoms. The molecule has 1 N–H and O–H groups in total. The van der Waals surface area contributed by atoms with Crippen molar-refractivity contribution >= 4 is 17.5 Å². The van der Waals surface area contributed by atoms with Gasteiger partial charge in [-0.25, -0.2) is 4.98 Å². The summed E-state index contributed by atoms with van der Waals surface area (Å²) in [6.45, 7) is 5.93. The number of nitrogens with zero attached hydrogens (tertiary/aromatic N) is 1. The highest BCUT2D eigenvalue weighted by Crippen LogP contribution is 2.20. The number of pyridine rings is 1. The Kier molecular flexibility index (Phi) is 4.97. The van der Waals surface area contributed by atoms with E-state index in [4.69, 9.17) is 11.6 Å². The number of amides is 1. The summed E-state index contributed by atoms with van der Waals surface area (Å²) < 4.78 is 0. The maximum absolute atomic E-state index is 12.4. The van der Waals surface area contributed by atoms with Crippen LogP contribution in [0.2, 0.25) is 5.15 Å². The van der Waals surface area contributed by atoms with Crippen molar-refractivity contribution in [1.29, 1.82) is 0 Å². The second-order valence-electron chi connectivity index (χ2n) is 5.14. The average molecular weight is 303 g/mol. The molecular formula is C17H19ClN2O. The number of hydrogen-bond donors (Lipinski definition) is 1. The summed E-state index contributed by atoms with van der Waals surface area (Å²) in [5.41, 5.74) is 3.49. The lowest BCUT2D eigenvalue weighted by Crippen LogP contribution is -2.28. The molecule has 1 aromatic carbocycles. The van der Waals surface area contributed by atoms with E-state index in [1.54, 1.807) is 12.1 Å². The van der Waals surface area contributed by atoms with E-state index in [0.717, 1.165) is 17.7 Å². The number of carbonyl (C=O) groups excluding carboxylic acids is 1. The van der Waals surface area contributed by atoms with Crippen LogP contribution in [0.15, 0.2) is 36.4 Å². The number of aromatic nitrogens is 1. The molecular weight excluding hydrogens is 284 g/mol. The Morgan fingerprint density at radius 1 is 1.19 bits per heavy atom. The van der Waals surface area contributed by atoms with E-state index in [1.807, 2.05) is 45.0 Å². The van der Waals surface area contributed by atoms with Crippen molar-refractivity contribution < 1.29 is 4.79 Å². The van der Waals surface area contributed by atoms with Crippen LogP contribution in [0.4, 0.5) is 0 Å². The molecule has 1 heterocycles. The first-order chi connectivity index (χ1) is 10.0. The Morgan fingerprint density at radius 2 is 1.86 bits per heavy atom. The van der Waals surface area contributed by atoms with E-state index >= 15 is 0 Å². The van der Waals surface area contributed by atoms with E-state index in [2.05, 4.69) is 10.3 Å². The lowest BCUT2D eigenvalue weighted by molar-refractivity contribution is 0.0935. The molecule has 0 aliphatic rings. The molecule has 0 radical (unpaired) electrons. The fourth-order valence-electron chi connectivity index (χ4n) is 2.15. The minimum absolute atomic E-state index is 0.0320. The first-order valence-electron chi connectivity index (χ1n) is 7.02. The van der Waals surface area contributed by atoms with Gasteiger partial charge < -0.3 is 5.32 Å². The molecule has 21 heavy (non-hydrogen) atoms. The molecule has 1 aromatic heterocycles. The molecule has 0 spiro atoms. The Balaban J connectivity index is 2.18. The third kappa shape index (κ3) is 3.82. The standard InChI is InChI=1S/C17H19ClN2O/c1-4-15(13-8-5-11(2)6-9-13)20-17(21)14-10-7-12(3)19-16(14)18/h5-10,15H,4H2,1-3H3,(H,20,21). The molecule has 4 heteroatoms. The summed E-state index contributed by atoms with van der Waals surface area (Å²) >= 11 is 6.05. The quantitative estimate of drug-likeness (QED) is 0.859. The first kappa shape index (κ1) is 15.5. The summed E-state index contributed by atoms with van der Waals surface area (Å²) in [6.07, 6.45) is 0.811. The maximum atomic E-state index is 12.4. The maximum Gasteiger partial charge on any atom is 0.254 e. The number of benzene rings is 1. The van der Waals surface area contributed by atoms with Crippen molar-refractivity contribution in [3.05, 3.63) is 63.9 Å². The predicted molar refractivity (Wildman–Crippen MR) is 85.7 cm³/mol. The lowest BCUT2D eigenvalue weighted by Gasteiger charge is -2.18. The van der Waals surface area contributed by atoms with Gasteiger partial charge in [0.15, 0.2) is 0 Å². The lowest BCUT2D eigenvalue weighted by atomic mass is 10.0. The molecule has 3 nitrogen and oxygen atoms in total. The Labute approximate surface area is 130 Å². The molecule has 0 fully saturated rings.